The van der Waals surface area contributed by atoms with Crippen LogP contribution in [-0.4, -0.2) is 63.7 Å². The van der Waals surface area contributed by atoms with Crippen LogP contribution in [0.2, 0.25) is 0 Å². The van der Waals surface area contributed by atoms with Crippen molar-refractivity contribution in [3.63, 3.8) is 0 Å². The van der Waals surface area contributed by atoms with Crippen LogP contribution in [0.25, 0.3) is 0 Å². The molecule has 1 aliphatic heterocycles. The number of halogens is 2. The lowest BCUT2D eigenvalue weighted by Gasteiger charge is -2.40. The predicted molar refractivity (Wildman–Crippen MR) is 109 cm³/mol. The molecular formula is C22H23F2N5O3. The predicted octanol–water partition coefficient (Wildman–Crippen LogP) is 2.86. The Morgan fingerprint density at radius 1 is 1.16 bits per heavy atom. The maximum absolute atomic E-state index is 14.5. The van der Waals surface area contributed by atoms with Crippen LogP contribution in [0.1, 0.15) is 36.4 Å². The van der Waals surface area contributed by atoms with Gasteiger partial charge in [-0.05, 0) is 42.5 Å². The van der Waals surface area contributed by atoms with Gasteiger partial charge in [-0.25, -0.2) is 13.6 Å². The van der Waals surface area contributed by atoms with Crippen LogP contribution in [0.3, 0.4) is 0 Å². The summed E-state index contributed by atoms with van der Waals surface area (Å²) in [6.07, 6.45) is -1.33. The molecule has 1 saturated heterocycles. The Hall–Kier alpha value is -3.32. The van der Waals surface area contributed by atoms with Crippen molar-refractivity contribution < 1.29 is 23.4 Å². The molecular weight excluding hydrogens is 420 g/mol. The molecule has 2 aromatic rings. The SMILES string of the molecule is N#Cc1ccc(OC2CC(c3ccc(F)cc3)CC2N2C[C@H](F)C[C@@H](NC(=O)O)C2)nn1. The van der Waals surface area contributed by atoms with Gasteiger partial charge in [-0.2, -0.15) is 5.26 Å². The third kappa shape index (κ3) is 5.11. The molecule has 1 aliphatic carbocycles. The van der Waals surface area contributed by atoms with Gasteiger partial charge in [0.15, 0.2) is 5.69 Å². The molecule has 1 aromatic carbocycles. The van der Waals surface area contributed by atoms with Crippen molar-refractivity contribution in [1.29, 1.82) is 5.26 Å². The third-order valence-electron chi connectivity index (χ3n) is 6.06. The highest BCUT2D eigenvalue weighted by Crippen LogP contribution is 2.40. The van der Waals surface area contributed by atoms with Gasteiger partial charge in [0.05, 0.1) is 0 Å². The van der Waals surface area contributed by atoms with Gasteiger partial charge in [0.2, 0.25) is 5.88 Å². The van der Waals surface area contributed by atoms with Crippen molar-refractivity contribution in [3.8, 4) is 11.9 Å². The molecule has 0 radical (unpaired) electrons. The molecule has 168 valence electrons. The Morgan fingerprint density at radius 2 is 1.94 bits per heavy atom. The highest BCUT2D eigenvalue weighted by Gasteiger charge is 2.43. The van der Waals surface area contributed by atoms with Crippen LogP contribution >= 0.6 is 0 Å². The maximum atomic E-state index is 14.5. The number of nitrogens with zero attached hydrogens (tertiary/aromatic N) is 4. The van der Waals surface area contributed by atoms with Crippen LogP contribution in [-0.2, 0) is 0 Å². The summed E-state index contributed by atoms with van der Waals surface area (Å²) in [7, 11) is 0. The maximum Gasteiger partial charge on any atom is 0.404 e. The molecule has 8 nitrogen and oxygen atoms in total. The van der Waals surface area contributed by atoms with Crippen molar-refractivity contribution in [2.45, 2.75) is 49.5 Å². The fraction of sp³-hybridized carbons (Fsp3) is 0.455. The number of rotatable bonds is 5. The molecule has 1 saturated carbocycles. The summed E-state index contributed by atoms with van der Waals surface area (Å²) in [5, 5.41) is 28.1. The minimum atomic E-state index is -1.18. The molecule has 1 aromatic heterocycles. The lowest BCUT2D eigenvalue weighted by molar-refractivity contribution is 0.0311. The average Bonchev–Trinajstić information content (AvgIpc) is 3.17. The van der Waals surface area contributed by atoms with E-state index in [4.69, 9.17) is 15.1 Å². The van der Waals surface area contributed by atoms with E-state index in [-0.39, 0.29) is 48.4 Å². The van der Waals surface area contributed by atoms with E-state index in [1.54, 1.807) is 18.2 Å². The number of likely N-dealkylation sites (tertiary alicyclic amines) is 1. The molecule has 3 unspecified atom stereocenters. The van der Waals surface area contributed by atoms with E-state index >= 15 is 0 Å². The normalized spacial score (nSPS) is 28.1. The van der Waals surface area contributed by atoms with Crippen LogP contribution < -0.4 is 10.1 Å². The van der Waals surface area contributed by atoms with Gasteiger partial charge < -0.3 is 15.2 Å². The number of benzene rings is 1. The molecule has 2 fully saturated rings. The van der Waals surface area contributed by atoms with E-state index in [2.05, 4.69) is 15.5 Å². The summed E-state index contributed by atoms with van der Waals surface area (Å²) >= 11 is 0. The Balaban J connectivity index is 1.56. The van der Waals surface area contributed by atoms with E-state index in [0.717, 1.165) is 5.56 Å². The van der Waals surface area contributed by atoms with Gasteiger partial charge in [-0.1, -0.05) is 12.1 Å². The summed E-state index contributed by atoms with van der Waals surface area (Å²) in [6.45, 7) is 0.546. The van der Waals surface area contributed by atoms with Crippen molar-refractivity contribution >= 4 is 6.09 Å². The number of amides is 1. The van der Waals surface area contributed by atoms with Gasteiger partial charge in [0, 0.05) is 37.7 Å². The molecule has 4 rings (SSSR count). The summed E-state index contributed by atoms with van der Waals surface area (Å²) in [5.74, 6) is -0.00145. The zero-order valence-corrected chi connectivity index (χ0v) is 17.2. The number of nitriles is 1. The quantitative estimate of drug-likeness (QED) is 0.731. The number of aromatic nitrogens is 2. The second-order valence-electron chi connectivity index (χ2n) is 8.25. The van der Waals surface area contributed by atoms with Crippen molar-refractivity contribution in [2.75, 3.05) is 13.1 Å². The molecule has 5 atom stereocenters. The van der Waals surface area contributed by atoms with Crippen LogP contribution in [0.4, 0.5) is 13.6 Å². The van der Waals surface area contributed by atoms with E-state index in [9.17, 15) is 13.6 Å². The molecule has 0 bridgehead atoms. The molecule has 32 heavy (non-hydrogen) atoms. The first-order valence-electron chi connectivity index (χ1n) is 10.4. The standard InChI is InChI=1S/C22H23F2N5O3/c23-15-3-1-13(2-4-15)14-7-19(29-11-16(24)9-18(12-29)26-22(30)31)20(8-14)32-21-6-5-17(10-25)27-28-21/h1-6,14,16,18-20,26H,7-9,11-12H2,(H,30,31)/t14?,16-,18-,19?,20?/m1/s1. The highest BCUT2D eigenvalue weighted by molar-refractivity contribution is 5.64. The second kappa shape index (κ2) is 9.44. The Labute approximate surface area is 183 Å². The van der Waals surface area contributed by atoms with Gasteiger partial charge >= 0.3 is 6.09 Å². The molecule has 2 heterocycles. The summed E-state index contributed by atoms with van der Waals surface area (Å²) < 4.78 is 34.0. The largest absolute Gasteiger partial charge is 0.472 e. The monoisotopic (exact) mass is 443 g/mol. The van der Waals surface area contributed by atoms with Gasteiger partial charge in [-0.3, -0.25) is 4.90 Å². The zero-order chi connectivity index (χ0) is 22.7. The van der Waals surface area contributed by atoms with E-state index in [1.165, 1.54) is 18.2 Å². The third-order valence-corrected chi connectivity index (χ3v) is 6.06. The van der Waals surface area contributed by atoms with E-state index in [1.807, 2.05) is 11.0 Å². The van der Waals surface area contributed by atoms with Crippen molar-refractivity contribution in [3.05, 3.63) is 53.5 Å². The Morgan fingerprint density at radius 3 is 2.59 bits per heavy atom. The first-order chi connectivity index (χ1) is 15.4. The second-order valence-corrected chi connectivity index (χ2v) is 8.25. The van der Waals surface area contributed by atoms with Crippen LogP contribution in [0.5, 0.6) is 5.88 Å². The molecule has 2 N–H and O–H groups in total. The summed E-state index contributed by atoms with van der Waals surface area (Å²) in [4.78, 5) is 13.0. The molecule has 10 heteroatoms. The smallest absolute Gasteiger partial charge is 0.404 e. The number of carbonyl (C=O) groups is 1. The van der Waals surface area contributed by atoms with E-state index < -0.39 is 18.3 Å². The first-order valence-corrected chi connectivity index (χ1v) is 10.4. The van der Waals surface area contributed by atoms with E-state index in [0.29, 0.717) is 19.4 Å². The average molecular weight is 443 g/mol. The highest BCUT2D eigenvalue weighted by atomic mass is 19.1. The number of carboxylic acid groups (broad SMARTS) is 1. The minimum Gasteiger partial charge on any atom is -0.472 e. The Bertz CT molecular complexity index is 983. The number of ether oxygens (including phenoxy) is 1. The molecule has 1 amide bonds. The summed E-state index contributed by atoms with van der Waals surface area (Å²) in [6, 6.07) is 10.6. The van der Waals surface area contributed by atoms with Crippen LogP contribution in [0.15, 0.2) is 36.4 Å². The van der Waals surface area contributed by atoms with Gasteiger partial charge in [-0.15, -0.1) is 10.2 Å². The fourth-order valence-corrected chi connectivity index (χ4v) is 4.71. The Kier molecular flexibility index (Phi) is 6.46. The fourth-order valence-electron chi connectivity index (χ4n) is 4.71. The molecule has 2 aliphatic rings. The van der Waals surface area contributed by atoms with Gasteiger partial charge in [0.1, 0.15) is 24.2 Å². The number of alkyl halides is 1. The lowest BCUT2D eigenvalue weighted by Crippen LogP contribution is -2.56. The number of hydrogen-bond acceptors (Lipinski definition) is 6. The van der Waals surface area contributed by atoms with Crippen molar-refractivity contribution in [1.82, 2.24) is 20.4 Å². The number of hydrogen-bond donors (Lipinski definition) is 2. The molecule has 0 spiro atoms. The number of piperidine rings is 1. The van der Waals surface area contributed by atoms with Crippen LogP contribution in [0, 0.1) is 17.1 Å². The summed E-state index contributed by atoms with van der Waals surface area (Å²) in [5.41, 5.74) is 1.13. The zero-order valence-electron chi connectivity index (χ0n) is 17.2. The minimum absolute atomic E-state index is 0.0582. The van der Waals surface area contributed by atoms with Crippen molar-refractivity contribution in [2.24, 2.45) is 0 Å². The topological polar surface area (TPSA) is 111 Å². The number of nitrogens with one attached hydrogen (secondary N) is 1. The van der Waals surface area contributed by atoms with Gasteiger partial charge in [0.25, 0.3) is 0 Å². The first kappa shape index (κ1) is 21.9. The lowest BCUT2D eigenvalue weighted by atomic mass is 9.96.